The Morgan fingerprint density at radius 1 is 0.750 bits per heavy atom. The number of likely N-dealkylation sites (tertiary alicyclic amines) is 1. The Balaban J connectivity index is 1.84. The summed E-state index contributed by atoms with van der Waals surface area (Å²) in [6, 6.07) is 0. The zero-order valence-corrected chi connectivity index (χ0v) is 25.2. The Labute approximate surface area is 224 Å². The molecule has 5 nitrogen and oxygen atoms in total. The molecule has 6 heteroatoms. The highest BCUT2D eigenvalue weighted by atomic mass is 31.2. The number of allylic oxidation sites excluding steroid dienone is 2. The number of hydrogen-bond acceptors (Lipinski definition) is 3. The molecule has 1 fully saturated rings. The second-order valence-electron chi connectivity index (χ2n) is 11.7. The molecule has 2 atom stereocenters. The second-order valence-corrected chi connectivity index (χ2v) is 13.1. The molecule has 0 saturated carbocycles. The van der Waals surface area contributed by atoms with Crippen molar-refractivity contribution in [2.75, 3.05) is 33.8 Å². The molecule has 0 aromatic rings. The van der Waals surface area contributed by atoms with Crippen molar-refractivity contribution in [3.05, 3.63) is 12.2 Å². The molecule has 0 aliphatic carbocycles. The molecule has 0 bridgehead atoms. The van der Waals surface area contributed by atoms with Crippen molar-refractivity contribution in [1.82, 2.24) is 0 Å². The summed E-state index contributed by atoms with van der Waals surface area (Å²) in [5, 5.41) is 0. The van der Waals surface area contributed by atoms with Crippen LogP contribution in [0, 0.1) is 0 Å². The third kappa shape index (κ3) is 20.8. The van der Waals surface area contributed by atoms with Gasteiger partial charge in [-0.3, -0.25) is 9.05 Å². The van der Waals surface area contributed by atoms with E-state index >= 15 is 0 Å². The molecule has 1 aliphatic rings. The Kier molecular flexibility index (Phi) is 20.4. The lowest BCUT2D eigenvalue weighted by Crippen LogP contribution is -2.40. The van der Waals surface area contributed by atoms with Crippen LogP contribution >= 0.6 is 7.82 Å². The molecule has 2 unspecified atom stereocenters. The van der Waals surface area contributed by atoms with Gasteiger partial charge < -0.3 is 9.38 Å². The molecule has 1 aliphatic heterocycles. The monoisotopic (exact) mass is 530 g/mol. The van der Waals surface area contributed by atoms with Gasteiger partial charge in [0.05, 0.1) is 39.9 Å². The Morgan fingerprint density at radius 2 is 1.25 bits per heavy atom. The van der Waals surface area contributed by atoms with Gasteiger partial charge in [0.1, 0.15) is 0 Å². The average Bonchev–Trinajstić information content (AvgIpc) is 2.99. The number of nitrogens with zero attached hydrogens (tertiary/aromatic N) is 1. The maximum Gasteiger partial charge on any atom is 0.472 e. The van der Waals surface area contributed by atoms with Crippen LogP contribution in [0.4, 0.5) is 0 Å². The van der Waals surface area contributed by atoms with Gasteiger partial charge in [-0.25, -0.2) is 4.57 Å². The largest absolute Gasteiger partial charge is 0.472 e. The zero-order chi connectivity index (χ0) is 26.4. The first-order valence-electron chi connectivity index (χ1n) is 15.5. The van der Waals surface area contributed by atoms with Gasteiger partial charge in [0.15, 0.2) is 0 Å². The number of rotatable bonds is 23. The SMILES string of the molecule is CCCCCCCC/C=C\CCCCCCCCCCCCOP(=O)(O)OC1CCC[N+](C)(C)CC1. The Morgan fingerprint density at radius 3 is 1.81 bits per heavy atom. The van der Waals surface area contributed by atoms with E-state index in [0.717, 1.165) is 49.7 Å². The van der Waals surface area contributed by atoms with Gasteiger partial charge >= 0.3 is 7.82 Å². The Bertz CT molecular complexity index is 581. The van der Waals surface area contributed by atoms with Crippen molar-refractivity contribution in [3.8, 4) is 0 Å². The van der Waals surface area contributed by atoms with Gasteiger partial charge in [0.2, 0.25) is 0 Å². The van der Waals surface area contributed by atoms with E-state index in [2.05, 4.69) is 33.2 Å². The minimum absolute atomic E-state index is 0.160. The fourth-order valence-corrected chi connectivity index (χ4v) is 6.07. The topological polar surface area (TPSA) is 55.8 Å². The van der Waals surface area contributed by atoms with E-state index in [4.69, 9.17) is 9.05 Å². The van der Waals surface area contributed by atoms with Crippen molar-refractivity contribution in [2.24, 2.45) is 0 Å². The number of phosphoric ester groups is 1. The maximum absolute atomic E-state index is 12.3. The van der Waals surface area contributed by atoms with E-state index in [-0.39, 0.29) is 6.10 Å². The first kappa shape index (κ1) is 33.8. The minimum atomic E-state index is -3.93. The van der Waals surface area contributed by atoms with Crippen molar-refractivity contribution in [3.63, 3.8) is 0 Å². The predicted octanol–water partition coefficient (Wildman–Crippen LogP) is 9.35. The fraction of sp³-hybridized carbons (Fsp3) is 0.933. The number of unbranched alkanes of at least 4 members (excludes halogenated alkanes) is 16. The number of quaternary nitrogens is 1. The first-order valence-corrected chi connectivity index (χ1v) is 17.0. The zero-order valence-electron chi connectivity index (χ0n) is 24.3. The summed E-state index contributed by atoms with van der Waals surface area (Å²) in [7, 11) is 0.479. The van der Waals surface area contributed by atoms with E-state index in [0.29, 0.717) is 6.61 Å². The number of hydrogen-bond donors (Lipinski definition) is 1. The Hall–Kier alpha value is -0.190. The molecule has 0 aromatic heterocycles. The summed E-state index contributed by atoms with van der Waals surface area (Å²) in [4.78, 5) is 10.0. The second kappa shape index (κ2) is 21.7. The fourth-order valence-electron chi connectivity index (χ4n) is 5.06. The molecule has 1 N–H and O–H groups in total. The molecular formula is C30H61NO4P+. The van der Waals surface area contributed by atoms with Crippen LogP contribution in [0.25, 0.3) is 0 Å². The normalized spacial score (nSPS) is 19.9. The molecule has 36 heavy (non-hydrogen) atoms. The maximum atomic E-state index is 12.3. The minimum Gasteiger partial charge on any atom is -0.328 e. The van der Waals surface area contributed by atoms with Crippen molar-refractivity contribution >= 4 is 7.82 Å². The molecule has 0 amide bonds. The van der Waals surface area contributed by atoms with Crippen LogP contribution < -0.4 is 0 Å². The van der Waals surface area contributed by atoms with E-state index in [1.54, 1.807) is 0 Å². The third-order valence-corrected chi connectivity index (χ3v) is 8.61. The quantitative estimate of drug-likeness (QED) is 0.0619. The van der Waals surface area contributed by atoms with Crippen LogP contribution in [0.3, 0.4) is 0 Å². The molecular weight excluding hydrogens is 469 g/mol. The van der Waals surface area contributed by atoms with Gasteiger partial charge in [-0.05, 0) is 44.9 Å². The van der Waals surface area contributed by atoms with Crippen LogP contribution in [-0.4, -0.2) is 49.3 Å². The van der Waals surface area contributed by atoms with Gasteiger partial charge in [-0.15, -0.1) is 0 Å². The summed E-state index contributed by atoms with van der Waals surface area (Å²) < 4.78 is 23.9. The third-order valence-electron chi connectivity index (χ3n) is 7.54. The molecule has 214 valence electrons. The van der Waals surface area contributed by atoms with Gasteiger partial charge in [0, 0.05) is 6.42 Å². The molecule has 1 heterocycles. The molecule has 0 spiro atoms. The van der Waals surface area contributed by atoms with E-state index in [1.807, 2.05) is 0 Å². The summed E-state index contributed by atoms with van der Waals surface area (Å²) in [6.45, 7) is 4.66. The molecule has 1 saturated heterocycles. The number of phosphoric acid groups is 1. The highest BCUT2D eigenvalue weighted by molar-refractivity contribution is 7.47. The van der Waals surface area contributed by atoms with E-state index in [9.17, 15) is 9.46 Å². The highest BCUT2D eigenvalue weighted by Crippen LogP contribution is 2.46. The summed E-state index contributed by atoms with van der Waals surface area (Å²) in [5.74, 6) is 0. The molecule has 1 rings (SSSR count). The van der Waals surface area contributed by atoms with Crippen LogP contribution in [0.15, 0.2) is 12.2 Å². The molecule has 0 aromatic carbocycles. The van der Waals surface area contributed by atoms with Gasteiger partial charge in [0.25, 0.3) is 0 Å². The average molecular weight is 531 g/mol. The summed E-state index contributed by atoms with van der Waals surface area (Å²) >= 11 is 0. The summed E-state index contributed by atoms with van der Waals surface area (Å²) in [5.41, 5.74) is 0. The lowest BCUT2D eigenvalue weighted by atomic mass is 10.1. The first-order chi connectivity index (χ1) is 17.3. The predicted molar refractivity (Wildman–Crippen MR) is 154 cm³/mol. The highest BCUT2D eigenvalue weighted by Gasteiger charge is 2.30. The standard InChI is InChI=1S/C30H60NO4P/c1-4-5-6-7-8-9-10-11-12-13-14-15-16-17-18-19-20-21-22-23-29-34-36(32,33)35-30-25-24-27-31(2,3)28-26-30/h11-12,30H,4-10,13-29H2,1-3H3/p+1/b12-11-. The van der Waals surface area contributed by atoms with Crippen LogP contribution in [0.1, 0.15) is 142 Å². The van der Waals surface area contributed by atoms with Gasteiger partial charge in [-0.1, -0.05) is 103 Å². The van der Waals surface area contributed by atoms with Crippen molar-refractivity contribution in [2.45, 2.75) is 148 Å². The summed E-state index contributed by atoms with van der Waals surface area (Å²) in [6.07, 6.45) is 30.5. The lowest BCUT2D eigenvalue weighted by molar-refractivity contribution is -0.889. The van der Waals surface area contributed by atoms with E-state index in [1.165, 1.54) is 103 Å². The van der Waals surface area contributed by atoms with Crippen LogP contribution in [0.5, 0.6) is 0 Å². The smallest absolute Gasteiger partial charge is 0.328 e. The van der Waals surface area contributed by atoms with Gasteiger partial charge in [-0.2, -0.15) is 0 Å². The van der Waals surface area contributed by atoms with Crippen molar-refractivity contribution < 1.29 is 23.0 Å². The lowest BCUT2D eigenvalue weighted by Gasteiger charge is -2.27. The van der Waals surface area contributed by atoms with E-state index < -0.39 is 7.82 Å². The van der Waals surface area contributed by atoms with Crippen LogP contribution in [0.2, 0.25) is 0 Å². The van der Waals surface area contributed by atoms with Crippen molar-refractivity contribution in [1.29, 1.82) is 0 Å². The van der Waals surface area contributed by atoms with Crippen LogP contribution in [-0.2, 0) is 13.6 Å². The molecule has 0 radical (unpaired) electrons.